The van der Waals surface area contributed by atoms with Gasteiger partial charge in [0.25, 0.3) is 0 Å². The normalized spacial score (nSPS) is 9.42. The molecule has 12 heavy (non-hydrogen) atoms. The molecule has 1 nitrogen and oxygen atoms in total. The van der Waals surface area contributed by atoms with Crippen LogP contribution < -0.4 is 0 Å². The van der Waals surface area contributed by atoms with Crippen molar-refractivity contribution < 1.29 is 0 Å². The molecule has 62 valence electrons. The van der Waals surface area contributed by atoms with Crippen LogP contribution in [0.5, 0.6) is 0 Å². The second-order valence-corrected chi connectivity index (χ2v) is 3.58. The molecule has 0 saturated carbocycles. The second-order valence-electron chi connectivity index (χ2n) is 2.29. The first-order chi connectivity index (χ1) is 5.77. The summed E-state index contributed by atoms with van der Waals surface area (Å²) in [6, 6.07) is 7.83. The van der Waals surface area contributed by atoms with Gasteiger partial charge in [0, 0.05) is 9.92 Å². The Bertz CT molecular complexity index is 317. The number of halogens is 1. The number of nitrogens with zero attached hydrogens (tertiary/aromatic N) is 1. The van der Waals surface area contributed by atoms with Crippen molar-refractivity contribution in [1.82, 2.24) is 0 Å². The van der Waals surface area contributed by atoms with E-state index in [0.717, 1.165) is 10.5 Å². The molecule has 0 spiro atoms. The van der Waals surface area contributed by atoms with Crippen molar-refractivity contribution in [3.05, 3.63) is 28.8 Å². The standard InChI is InChI=1S/C9H8ClNS/c1-12-8-3-2-7(4-5-11)9(10)6-8/h2-3,6H,4H2,1H3. The maximum absolute atomic E-state index is 8.46. The minimum Gasteiger partial charge on any atom is -0.198 e. The maximum atomic E-state index is 8.46. The van der Waals surface area contributed by atoms with E-state index in [1.807, 2.05) is 24.5 Å². The van der Waals surface area contributed by atoms with Crippen LogP contribution in [0.1, 0.15) is 5.56 Å². The van der Waals surface area contributed by atoms with E-state index in [9.17, 15) is 0 Å². The van der Waals surface area contributed by atoms with Gasteiger partial charge in [0.15, 0.2) is 0 Å². The molecule has 0 fully saturated rings. The Morgan fingerprint density at radius 3 is 2.83 bits per heavy atom. The van der Waals surface area contributed by atoms with Gasteiger partial charge in [0.05, 0.1) is 12.5 Å². The molecule has 0 radical (unpaired) electrons. The molecule has 0 atom stereocenters. The molecule has 1 rings (SSSR count). The molecular formula is C9H8ClNS. The van der Waals surface area contributed by atoms with Crippen LogP contribution in [0, 0.1) is 11.3 Å². The quantitative estimate of drug-likeness (QED) is 0.681. The van der Waals surface area contributed by atoms with Crippen molar-refractivity contribution >= 4 is 23.4 Å². The third-order valence-electron chi connectivity index (χ3n) is 1.53. The topological polar surface area (TPSA) is 23.8 Å². The smallest absolute Gasteiger partial charge is 0.0670 e. The summed E-state index contributed by atoms with van der Waals surface area (Å²) in [7, 11) is 0. The molecule has 1 aromatic carbocycles. The number of benzene rings is 1. The molecule has 0 heterocycles. The summed E-state index contributed by atoms with van der Waals surface area (Å²) < 4.78 is 0. The summed E-state index contributed by atoms with van der Waals surface area (Å²) >= 11 is 7.56. The lowest BCUT2D eigenvalue weighted by atomic mass is 10.2. The first-order valence-electron chi connectivity index (χ1n) is 3.47. The summed E-state index contributed by atoms with van der Waals surface area (Å²) in [5, 5.41) is 9.14. The summed E-state index contributed by atoms with van der Waals surface area (Å²) in [4.78, 5) is 1.13. The highest BCUT2D eigenvalue weighted by atomic mass is 35.5. The summed E-state index contributed by atoms with van der Waals surface area (Å²) in [5.74, 6) is 0. The fourth-order valence-corrected chi connectivity index (χ4v) is 1.64. The predicted octanol–water partition coefficient (Wildman–Crippen LogP) is 3.13. The van der Waals surface area contributed by atoms with Crippen LogP contribution in [0.15, 0.2) is 23.1 Å². The Labute approximate surface area is 81.3 Å². The van der Waals surface area contributed by atoms with Gasteiger partial charge in [-0.15, -0.1) is 11.8 Å². The van der Waals surface area contributed by atoms with E-state index in [-0.39, 0.29) is 0 Å². The Kier molecular flexibility index (Phi) is 3.46. The molecule has 0 amide bonds. The third kappa shape index (κ3) is 2.17. The van der Waals surface area contributed by atoms with E-state index in [2.05, 4.69) is 6.07 Å². The minimum atomic E-state index is 0.382. The molecule has 0 aliphatic carbocycles. The van der Waals surface area contributed by atoms with E-state index >= 15 is 0 Å². The average molecular weight is 198 g/mol. The lowest BCUT2D eigenvalue weighted by Crippen LogP contribution is -1.83. The van der Waals surface area contributed by atoms with E-state index in [4.69, 9.17) is 16.9 Å². The van der Waals surface area contributed by atoms with E-state index in [1.165, 1.54) is 0 Å². The van der Waals surface area contributed by atoms with Crippen molar-refractivity contribution in [2.75, 3.05) is 6.26 Å². The Morgan fingerprint density at radius 2 is 2.33 bits per heavy atom. The SMILES string of the molecule is CSc1ccc(CC#N)c(Cl)c1. The zero-order valence-electron chi connectivity index (χ0n) is 6.67. The summed E-state index contributed by atoms with van der Waals surface area (Å²) in [6.07, 6.45) is 2.38. The molecule has 0 unspecified atom stereocenters. The largest absolute Gasteiger partial charge is 0.198 e. The molecule has 0 aromatic heterocycles. The highest BCUT2D eigenvalue weighted by molar-refractivity contribution is 7.98. The number of rotatable bonds is 2. The van der Waals surface area contributed by atoms with Crippen molar-refractivity contribution in [2.45, 2.75) is 11.3 Å². The minimum absolute atomic E-state index is 0.382. The lowest BCUT2D eigenvalue weighted by Gasteiger charge is -2.00. The first-order valence-corrected chi connectivity index (χ1v) is 5.07. The molecule has 0 aliphatic rings. The fourth-order valence-electron chi connectivity index (χ4n) is 0.884. The number of nitriles is 1. The van der Waals surface area contributed by atoms with Crippen molar-refractivity contribution in [3.63, 3.8) is 0 Å². The fraction of sp³-hybridized carbons (Fsp3) is 0.222. The van der Waals surface area contributed by atoms with E-state index in [0.29, 0.717) is 11.4 Å². The van der Waals surface area contributed by atoms with Gasteiger partial charge in [-0.1, -0.05) is 17.7 Å². The van der Waals surface area contributed by atoms with Crippen LogP contribution >= 0.6 is 23.4 Å². The highest BCUT2D eigenvalue weighted by Crippen LogP contribution is 2.23. The van der Waals surface area contributed by atoms with Crippen molar-refractivity contribution in [2.24, 2.45) is 0 Å². The third-order valence-corrected chi connectivity index (χ3v) is 2.61. The van der Waals surface area contributed by atoms with Gasteiger partial charge in [-0.05, 0) is 24.0 Å². The second kappa shape index (κ2) is 4.39. The van der Waals surface area contributed by atoms with Crippen molar-refractivity contribution in [3.8, 4) is 6.07 Å². The van der Waals surface area contributed by atoms with Gasteiger partial charge in [-0.3, -0.25) is 0 Å². The van der Waals surface area contributed by atoms with Crippen LogP contribution in [0.25, 0.3) is 0 Å². The molecule has 0 aliphatic heterocycles. The maximum Gasteiger partial charge on any atom is 0.0670 e. The predicted molar refractivity (Wildman–Crippen MR) is 52.6 cm³/mol. The van der Waals surface area contributed by atoms with Crippen LogP contribution in [-0.4, -0.2) is 6.26 Å². The van der Waals surface area contributed by atoms with Crippen LogP contribution in [0.2, 0.25) is 5.02 Å². The summed E-state index contributed by atoms with van der Waals surface area (Å²) in [5.41, 5.74) is 0.900. The monoisotopic (exact) mass is 197 g/mol. The zero-order valence-corrected chi connectivity index (χ0v) is 8.25. The Morgan fingerprint density at radius 1 is 1.58 bits per heavy atom. The van der Waals surface area contributed by atoms with Gasteiger partial charge in [-0.2, -0.15) is 5.26 Å². The average Bonchev–Trinajstić information content (AvgIpc) is 2.09. The molecule has 0 saturated heterocycles. The van der Waals surface area contributed by atoms with Crippen LogP contribution in [0.4, 0.5) is 0 Å². The van der Waals surface area contributed by atoms with Gasteiger partial charge < -0.3 is 0 Å². The zero-order chi connectivity index (χ0) is 8.97. The summed E-state index contributed by atoms with van der Waals surface area (Å²) in [6.45, 7) is 0. The van der Waals surface area contributed by atoms with E-state index in [1.54, 1.807) is 11.8 Å². The van der Waals surface area contributed by atoms with E-state index < -0.39 is 0 Å². The van der Waals surface area contributed by atoms with Gasteiger partial charge in [0.1, 0.15) is 0 Å². The van der Waals surface area contributed by atoms with Crippen LogP contribution in [0.3, 0.4) is 0 Å². The van der Waals surface area contributed by atoms with Gasteiger partial charge in [-0.25, -0.2) is 0 Å². The number of hydrogen-bond donors (Lipinski definition) is 0. The van der Waals surface area contributed by atoms with Gasteiger partial charge in [0.2, 0.25) is 0 Å². The number of thioether (sulfide) groups is 1. The van der Waals surface area contributed by atoms with Gasteiger partial charge >= 0.3 is 0 Å². The Balaban J connectivity index is 2.97. The Hall–Kier alpha value is -0.650. The highest BCUT2D eigenvalue weighted by Gasteiger charge is 1.99. The molecule has 1 aromatic rings. The molecule has 0 bridgehead atoms. The van der Waals surface area contributed by atoms with Crippen LogP contribution in [-0.2, 0) is 6.42 Å². The lowest BCUT2D eigenvalue weighted by molar-refractivity contribution is 1.24. The molecule has 3 heteroatoms. The molecular weight excluding hydrogens is 190 g/mol. The van der Waals surface area contributed by atoms with Crippen molar-refractivity contribution in [1.29, 1.82) is 5.26 Å². The number of hydrogen-bond acceptors (Lipinski definition) is 2. The first kappa shape index (κ1) is 9.44. The molecule has 0 N–H and O–H groups in total.